The lowest BCUT2D eigenvalue weighted by molar-refractivity contribution is 0.414. The summed E-state index contributed by atoms with van der Waals surface area (Å²) in [6, 6.07) is 21.4. The van der Waals surface area contributed by atoms with Gasteiger partial charge < -0.3 is 10.1 Å². The smallest absolute Gasteiger partial charge is 0.253 e. The van der Waals surface area contributed by atoms with Crippen molar-refractivity contribution in [2.75, 3.05) is 12.4 Å². The Morgan fingerprint density at radius 1 is 0.868 bits per heavy atom. The van der Waals surface area contributed by atoms with E-state index in [1.807, 2.05) is 60.8 Å². The van der Waals surface area contributed by atoms with Crippen LogP contribution in [0, 0.1) is 0 Å². The van der Waals surface area contributed by atoms with Crippen LogP contribution in [0.5, 0.6) is 5.75 Å². The zero-order valence-electron chi connectivity index (χ0n) is 20.3. The minimum atomic E-state index is -0.616. The SMILES string of the molecule is COc1ccc(C(c2ncccn2)n2c(=O)ccc3cnc(Nc4ccc(-n5cccn5)cc4)nc32)cc1. The summed E-state index contributed by atoms with van der Waals surface area (Å²) >= 11 is 0. The molecule has 0 bridgehead atoms. The first kappa shape index (κ1) is 23.0. The van der Waals surface area contributed by atoms with Crippen LogP contribution in [-0.2, 0) is 0 Å². The Hall–Kier alpha value is -5.38. The van der Waals surface area contributed by atoms with E-state index in [0.717, 1.165) is 16.9 Å². The highest BCUT2D eigenvalue weighted by Gasteiger charge is 2.23. The van der Waals surface area contributed by atoms with E-state index < -0.39 is 6.04 Å². The number of anilines is 2. The van der Waals surface area contributed by atoms with Crippen molar-refractivity contribution in [3.63, 3.8) is 0 Å². The number of nitrogens with zero attached hydrogens (tertiary/aromatic N) is 7. The van der Waals surface area contributed by atoms with Gasteiger partial charge in [-0.05, 0) is 60.2 Å². The zero-order valence-corrected chi connectivity index (χ0v) is 20.3. The molecule has 0 aliphatic rings. The molecule has 1 N–H and O–H groups in total. The standard InChI is InChI=1S/C28H22N8O2/c1-38-23-11-4-19(5-12-23)25(26-29-14-2-15-30-26)36-24(37)13-6-20-18-31-28(34-27(20)36)33-21-7-9-22(10-8-21)35-17-3-16-32-35/h2-18,25H,1H3,(H,31,33,34). The Morgan fingerprint density at radius 2 is 1.66 bits per heavy atom. The third kappa shape index (κ3) is 4.46. The summed E-state index contributed by atoms with van der Waals surface area (Å²) in [6.45, 7) is 0. The summed E-state index contributed by atoms with van der Waals surface area (Å²) in [7, 11) is 1.61. The molecule has 1 unspecified atom stereocenters. The van der Waals surface area contributed by atoms with Crippen LogP contribution in [0.1, 0.15) is 17.4 Å². The molecular weight excluding hydrogens is 480 g/mol. The van der Waals surface area contributed by atoms with Crippen LogP contribution in [0.25, 0.3) is 16.7 Å². The monoisotopic (exact) mass is 502 g/mol. The second-order valence-electron chi connectivity index (χ2n) is 8.42. The van der Waals surface area contributed by atoms with Gasteiger partial charge in [-0.2, -0.15) is 10.1 Å². The molecule has 0 aliphatic heterocycles. The van der Waals surface area contributed by atoms with Crippen LogP contribution in [0.3, 0.4) is 0 Å². The van der Waals surface area contributed by atoms with Gasteiger partial charge in [-0.3, -0.25) is 9.36 Å². The van der Waals surface area contributed by atoms with Crippen molar-refractivity contribution in [1.82, 2.24) is 34.3 Å². The quantitative estimate of drug-likeness (QED) is 0.346. The number of hydrogen-bond donors (Lipinski definition) is 1. The van der Waals surface area contributed by atoms with Gasteiger partial charge in [0, 0.05) is 48.1 Å². The van der Waals surface area contributed by atoms with Gasteiger partial charge in [-0.15, -0.1) is 0 Å². The summed E-state index contributed by atoms with van der Waals surface area (Å²) < 4.78 is 8.70. The van der Waals surface area contributed by atoms with Crippen LogP contribution in [0.2, 0.25) is 0 Å². The van der Waals surface area contributed by atoms with Gasteiger partial charge in [0.15, 0.2) is 5.82 Å². The topological polar surface area (TPSA) is 113 Å². The molecule has 0 amide bonds. The maximum absolute atomic E-state index is 13.4. The highest BCUT2D eigenvalue weighted by molar-refractivity contribution is 5.76. The van der Waals surface area contributed by atoms with E-state index in [1.165, 1.54) is 6.07 Å². The summed E-state index contributed by atoms with van der Waals surface area (Å²) in [5.74, 6) is 1.53. The number of pyridine rings is 1. The molecule has 38 heavy (non-hydrogen) atoms. The van der Waals surface area contributed by atoms with Gasteiger partial charge in [0.05, 0.1) is 12.8 Å². The van der Waals surface area contributed by atoms with Gasteiger partial charge in [-0.25, -0.2) is 19.6 Å². The van der Waals surface area contributed by atoms with Crippen LogP contribution in [0.15, 0.2) is 109 Å². The Kier molecular flexibility index (Phi) is 6.03. The second kappa shape index (κ2) is 9.94. The number of aromatic nitrogens is 7. The van der Waals surface area contributed by atoms with Gasteiger partial charge >= 0.3 is 0 Å². The summed E-state index contributed by atoms with van der Waals surface area (Å²) in [5.41, 5.74) is 2.76. The molecule has 6 aromatic rings. The first-order chi connectivity index (χ1) is 18.7. The minimum absolute atomic E-state index is 0.237. The lowest BCUT2D eigenvalue weighted by Gasteiger charge is -2.21. The molecule has 0 spiro atoms. The number of hydrogen-bond acceptors (Lipinski definition) is 8. The zero-order chi connectivity index (χ0) is 25.9. The summed E-state index contributed by atoms with van der Waals surface area (Å²) in [6.07, 6.45) is 8.61. The molecule has 0 saturated heterocycles. The predicted octanol–water partition coefficient (Wildman–Crippen LogP) is 4.16. The van der Waals surface area contributed by atoms with Crippen LogP contribution in [-0.4, -0.2) is 41.4 Å². The van der Waals surface area contributed by atoms with E-state index in [-0.39, 0.29) is 5.56 Å². The number of methoxy groups -OCH3 is 1. The fraction of sp³-hybridized carbons (Fsp3) is 0.0714. The van der Waals surface area contributed by atoms with Crippen molar-refractivity contribution < 1.29 is 4.74 Å². The number of ether oxygens (including phenoxy) is 1. The first-order valence-corrected chi connectivity index (χ1v) is 11.9. The Labute approximate surface area is 217 Å². The Morgan fingerprint density at radius 3 is 2.37 bits per heavy atom. The van der Waals surface area contributed by atoms with Crippen LogP contribution in [0.4, 0.5) is 11.6 Å². The molecule has 0 saturated carbocycles. The predicted molar refractivity (Wildman–Crippen MR) is 143 cm³/mol. The maximum Gasteiger partial charge on any atom is 0.253 e. The Bertz CT molecular complexity index is 1730. The van der Waals surface area contributed by atoms with Gasteiger partial charge in [0.25, 0.3) is 5.56 Å². The van der Waals surface area contributed by atoms with Gasteiger partial charge in [0.1, 0.15) is 17.4 Å². The number of nitrogens with one attached hydrogen (secondary N) is 1. The van der Waals surface area contributed by atoms with Crippen LogP contribution < -0.4 is 15.6 Å². The van der Waals surface area contributed by atoms with Crippen molar-refractivity contribution in [3.05, 3.63) is 126 Å². The molecule has 0 aliphatic carbocycles. The van der Waals surface area contributed by atoms with Crippen molar-refractivity contribution in [3.8, 4) is 11.4 Å². The lowest BCUT2D eigenvalue weighted by Crippen LogP contribution is -2.28. The van der Waals surface area contributed by atoms with Gasteiger partial charge in [-0.1, -0.05) is 12.1 Å². The highest BCUT2D eigenvalue weighted by atomic mass is 16.5. The average molecular weight is 503 g/mol. The molecule has 6 rings (SSSR count). The highest BCUT2D eigenvalue weighted by Crippen LogP contribution is 2.28. The largest absolute Gasteiger partial charge is 0.497 e. The van der Waals surface area contributed by atoms with Crippen molar-refractivity contribution in [2.45, 2.75) is 6.04 Å². The fourth-order valence-electron chi connectivity index (χ4n) is 4.25. The van der Waals surface area contributed by atoms with Crippen molar-refractivity contribution in [1.29, 1.82) is 0 Å². The molecule has 2 aromatic carbocycles. The van der Waals surface area contributed by atoms with Crippen molar-refractivity contribution in [2.24, 2.45) is 0 Å². The third-order valence-electron chi connectivity index (χ3n) is 6.08. The minimum Gasteiger partial charge on any atom is -0.497 e. The molecule has 186 valence electrons. The number of fused-ring (bicyclic) bond motifs is 1. The number of rotatable bonds is 7. The fourth-order valence-corrected chi connectivity index (χ4v) is 4.25. The molecule has 0 radical (unpaired) electrons. The molecule has 10 nitrogen and oxygen atoms in total. The van der Waals surface area contributed by atoms with Gasteiger partial charge in [0.2, 0.25) is 5.95 Å². The third-order valence-corrected chi connectivity index (χ3v) is 6.08. The first-order valence-electron chi connectivity index (χ1n) is 11.9. The molecule has 1 atom stereocenters. The normalized spacial score (nSPS) is 11.8. The molecule has 4 heterocycles. The summed E-state index contributed by atoms with van der Waals surface area (Å²) in [5, 5.41) is 8.19. The lowest BCUT2D eigenvalue weighted by atomic mass is 10.0. The molecule has 4 aromatic heterocycles. The molecular formula is C28H22N8O2. The number of benzene rings is 2. The van der Waals surface area contributed by atoms with E-state index in [9.17, 15) is 4.79 Å². The van der Waals surface area contributed by atoms with Crippen LogP contribution >= 0.6 is 0 Å². The van der Waals surface area contributed by atoms with Crippen molar-refractivity contribution >= 4 is 22.7 Å². The molecule has 10 heteroatoms. The van der Waals surface area contributed by atoms with E-state index in [1.54, 1.807) is 53.3 Å². The second-order valence-corrected chi connectivity index (χ2v) is 8.42. The van der Waals surface area contributed by atoms with E-state index in [0.29, 0.717) is 28.6 Å². The average Bonchev–Trinajstić information content (AvgIpc) is 3.51. The Balaban J connectivity index is 1.43. The van der Waals surface area contributed by atoms with E-state index in [4.69, 9.17) is 9.72 Å². The molecule has 0 fully saturated rings. The van der Waals surface area contributed by atoms with E-state index in [2.05, 4.69) is 25.4 Å². The maximum atomic E-state index is 13.4. The summed E-state index contributed by atoms with van der Waals surface area (Å²) in [4.78, 5) is 31.5. The van der Waals surface area contributed by atoms with E-state index >= 15 is 0 Å².